The molecule has 0 saturated carbocycles. The number of nitrogens with zero attached hydrogens (tertiary/aromatic N) is 1. The topological polar surface area (TPSA) is 78.9 Å². The summed E-state index contributed by atoms with van der Waals surface area (Å²) in [6.07, 6.45) is 0. The Labute approximate surface area is 89.2 Å². The van der Waals surface area contributed by atoms with E-state index in [-0.39, 0.29) is 12.5 Å². The monoisotopic (exact) mass is 218 g/mol. The van der Waals surface area contributed by atoms with Crippen LogP contribution in [-0.2, 0) is 14.3 Å². The summed E-state index contributed by atoms with van der Waals surface area (Å²) in [4.78, 5) is 23.2. The molecule has 1 unspecified atom stereocenters. The van der Waals surface area contributed by atoms with Crippen molar-refractivity contribution >= 4 is 11.9 Å². The quantitative estimate of drug-likeness (QED) is 0.544. The van der Waals surface area contributed by atoms with Crippen molar-refractivity contribution in [3.63, 3.8) is 0 Å². The number of ether oxygens (including phenoxy) is 1. The third kappa shape index (κ3) is 5.34. The Kier molecular flexibility index (Phi) is 6.64. The van der Waals surface area contributed by atoms with Gasteiger partial charge in [0.2, 0.25) is 5.91 Å². The number of likely N-dealkylation sites (N-methyl/N-ethyl adjacent to an activating group) is 1. The fraction of sp³-hybridized carbons (Fsp3) is 0.778. The van der Waals surface area contributed by atoms with Gasteiger partial charge in [0, 0.05) is 20.7 Å². The molecule has 0 aromatic heterocycles. The molecule has 0 aliphatic carbocycles. The van der Waals surface area contributed by atoms with E-state index in [1.165, 1.54) is 18.9 Å². The normalized spacial score (nSPS) is 12.2. The van der Waals surface area contributed by atoms with Crippen molar-refractivity contribution < 1.29 is 19.4 Å². The molecule has 6 nitrogen and oxygen atoms in total. The van der Waals surface area contributed by atoms with Gasteiger partial charge in [-0.2, -0.15) is 0 Å². The maximum absolute atomic E-state index is 11.4. The average Bonchev–Trinajstić information content (AvgIpc) is 2.21. The largest absolute Gasteiger partial charge is 0.480 e. The van der Waals surface area contributed by atoms with Crippen LogP contribution in [0.4, 0.5) is 0 Å². The van der Waals surface area contributed by atoms with Gasteiger partial charge in [0.05, 0.1) is 13.2 Å². The molecule has 2 N–H and O–H groups in total. The zero-order valence-corrected chi connectivity index (χ0v) is 9.32. The summed E-state index contributed by atoms with van der Waals surface area (Å²) in [6.45, 7) is 2.68. The second-order valence-corrected chi connectivity index (χ2v) is 3.19. The van der Waals surface area contributed by atoms with Crippen molar-refractivity contribution in [3.05, 3.63) is 0 Å². The number of carbonyl (C=O) groups excluding carboxylic acids is 1. The summed E-state index contributed by atoms with van der Waals surface area (Å²) >= 11 is 0. The third-order valence-electron chi connectivity index (χ3n) is 2.09. The first-order valence-electron chi connectivity index (χ1n) is 4.68. The number of nitrogens with one attached hydrogen (secondary N) is 1. The van der Waals surface area contributed by atoms with Gasteiger partial charge in [-0.3, -0.25) is 4.79 Å². The van der Waals surface area contributed by atoms with E-state index >= 15 is 0 Å². The van der Waals surface area contributed by atoms with Crippen molar-refractivity contribution in [2.45, 2.75) is 13.0 Å². The Morgan fingerprint density at radius 3 is 2.60 bits per heavy atom. The summed E-state index contributed by atoms with van der Waals surface area (Å²) in [5.41, 5.74) is 0. The molecule has 1 atom stereocenters. The van der Waals surface area contributed by atoms with Gasteiger partial charge in [0.25, 0.3) is 0 Å². The number of methoxy groups -OCH3 is 1. The lowest BCUT2D eigenvalue weighted by atomic mass is 10.3. The van der Waals surface area contributed by atoms with Gasteiger partial charge in [-0.05, 0) is 6.92 Å². The number of carbonyl (C=O) groups is 2. The second kappa shape index (κ2) is 7.19. The van der Waals surface area contributed by atoms with Gasteiger partial charge < -0.3 is 20.1 Å². The SMILES string of the molecule is COCCNCC(=O)N(C)C(C)C(=O)O. The molecule has 15 heavy (non-hydrogen) atoms. The molecule has 6 heteroatoms. The van der Waals surface area contributed by atoms with Crippen LogP contribution in [0.1, 0.15) is 6.92 Å². The zero-order valence-electron chi connectivity index (χ0n) is 9.32. The first-order chi connectivity index (χ1) is 7.00. The Bertz CT molecular complexity index is 220. The lowest BCUT2D eigenvalue weighted by Gasteiger charge is -2.21. The summed E-state index contributed by atoms with van der Waals surface area (Å²) in [5, 5.41) is 11.5. The highest BCUT2D eigenvalue weighted by Gasteiger charge is 2.20. The van der Waals surface area contributed by atoms with E-state index in [4.69, 9.17) is 9.84 Å². The van der Waals surface area contributed by atoms with Crippen LogP contribution in [0.3, 0.4) is 0 Å². The Hall–Kier alpha value is -1.14. The molecule has 0 aromatic rings. The van der Waals surface area contributed by atoms with E-state index in [1.807, 2.05) is 0 Å². The van der Waals surface area contributed by atoms with Gasteiger partial charge in [-0.15, -0.1) is 0 Å². The molecular formula is C9H18N2O4. The standard InChI is InChI=1S/C9H18N2O4/c1-7(9(13)14)11(2)8(12)6-10-4-5-15-3/h7,10H,4-6H2,1-3H3,(H,13,14). The Morgan fingerprint density at radius 2 is 2.13 bits per heavy atom. The Balaban J connectivity index is 3.84. The number of carboxylic acids is 1. The van der Waals surface area contributed by atoms with Crippen LogP contribution in [-0.4, -0.2) is 61.8 Å². The molecule has 0 aromatic carbocycles. The molecule has 0 rings (SSSR count). The molecule has 0 aliphatic rings. The number of amides is 1. The molecule has 0 fully saturated rings. The average molecular weight is 218 g/mol. The highest BCUT2D eigenvalue weighted by molar-refractivity contribution is 5.84. The smallest absolute Gasteiger partial charge is 0.326 e. The minimum atomic E-state index is -1.01. The first-order valence-corrected chi connectivity index (χ1v) is 4.68. The molecule has 0 radical (unpaired) electrons. The minimum Gasteiger partial charge on any atom is -0.480 e. The predicted molar refractivity (Wildman–Crippen MR) is 54.6 cm³/mol. The van der Waals surface area contributed by atoms with E-state index in [9.17, 15) is 9.59 Å². The number of hydrogen-bond donors (Lipinski definition) is 2. The van der Waals surface area contributed by atoms with E-state index in [0.29, 0.717) is 13.2 Å². The van der Waals surface area contributed by atoms with Crippen molar-refractivity contribution in [1.29, 1.82) is 0 Å². The molecule has 0 heterocycles. The molecule has 1 amide bonds. The first kappa shape index (κ1) is 13.9. The summed E-state index contributed by atoms with van der Waals surface area (Å²) in [5.74, 6) is -1.26. The lowest BCUT2D eigenvalue weighted by molar-refractivity contribution is -0.147. The van der Waals surface area contributed by atoms with Gasteiger partial charge in [-0.1, -0.05) is 0 Å². The number of rotatable bonds is 7. The predicted octanol–water partition coefficient (Wildman–Crippen LogP) is -0.846. The van der Waals surface area contributed by atoms with Gasteiger partial charge in [0.1, 0.15) is 6.04 Å². The van der Waals surface area contributed by atoms with Crippen LogP contribution in [0.5, 0.6) is 0 Å². The van der Waals surface area contributed by atoms with E-state index in [2.05, 4.69) is 5.32 Å². The molecule has 0 aliphatic heterocycles. The molecule has 0 saturated heterocycles. The van der Waals surface area contributed by atoms with Crippen molar-refractivity contribution in [2.75, 3.05) is 33.9 Å². The third-order valence-corrected chi connectivity index (χ3v) is 2.09. The van der Waals surface area contributed by atoms with E-state index in [1.54, 1.807) is 7.11 Å². The fourth-order valence-electron chi connectivity index (χ4n) is 0.876. The van der Waals surface area contributed by atoms with Crippen molar-refractivity contribution in [3.8, 4) is 0 Å². The summed E-state index contributed by atoms with van der Waals surface area (Å²) in [7, 11) is 3.04. The number of carboxylic acid groups (broad SMARTS) is 1. The van der Waals surface area contributed by atoms with Gasteiger partial charge in [0.15, 0.2) is 0 Å². The highest BCUT2D eigenvalue weighted by Crippen LogP contribution is 1.95. The molecule has 0 spiro atoms. The molecular weight excluding hydrogens is 200 g/mol. The maximum Gasteiger partial charge on any atom is 0.326 e. The maximum atomic E-state index is 11.4. The van der Waals surface area contributed by atoms with Crippen molar-refractivity contribution in [1.82, 2.24) is 10.2 Å². The zero-order chi connectivity index (χ0) is 11.8. The highest BCUT2D eigenvalue weighted by atomic mass is 16.5. The lowest BCUT2D eigenvalue weighted by Crippen LogP contribution is -2.44. The second-order valence-electron chi connectivity index (χ2n) is 3.19. The molecule has 0 bridgehead atoms. The van der Waals surface area contributed by atoms with Crippen LogP contribution in [0.2, 0.25) is 0 Å². The summed E-state index contributed by atoms with van der Waals surface area (Å²) < 4.78 is 4.79. The number of hydrogen-bond acceptors (Lipinski definition) is 4. The van der Waals surface area contributed by atoms with Gasteiger partial charge >= 0.3 is 5.97 Å². The summed E-state index contributed by atoms with van der Waals surface area (Å²) in [6, 6.07) is -0.804. The Morgan fingerprint density at radius 1 is 1.53 bits per heavy atom. The van der Waals surface area contributed by atoms with Crippen molar-refractivity contribution in [2.24, 2.45) is 0 Å². The van der Waals surface area contributed by atoms with E-state index in [0.717, 1.165) is 0 Å². The molecule has 88 valence electrons. The van der Waals surface area contributed by atoms with E-state index < -0.39 is 12.0 Å². The number of aliphatic carboxylic acids is 1. The van der Waals surface area contributed by atoms with Crippen LogP contribution in [0.15, 0.2) is 0 Å². The van der Waals surface area contributed by atoms with Crippen LogP contribution in [0, 0.1) is 0 Å². The van der Waals surface area contributed by atoms with Crippen LogP contribution in [0.25, 0.3) is 0 Å². The van der Waals surface area contributed by atoms with Crippen LogP contribution < -0.4 is 5.32 Å². The van der Waals surface area contributed by atoms with Gasteiger partial charge in [-0.25, -0.2) is 4.79 Å². The minimum absolute atomic E-state index is 0.123. The van der Waals surface area contributed by atoms with Crippen LogP contribution >= 0.6 is 0 Å². The fourth-order valence-corrected chi connectivity index (χ4v) is 0.876.